The van der Waals surface area contributed by atoms with Crippen LogP contribution in [0.3, 0.4) is 0 Å². The van der Waals surface area contributed by atoms with E-state index in [2.05, 4.69) is 46.8 Å². The van der Waals surface area contributed by atoms with Crippen LogP contribution in [0.15, 0.2) is 12.2 Å². The first-order valence-electron chi connectivity index (χ1n) is 14.1. The molecule has 4 saturated carbocycles. The Morgan fingerprint density at radius 1 is 1.09 bits per heavy atom. The molecule has 198 valence electrons. The zero-order valence-corrected chi connectivity index (χ0v) is 22.8. The molecule has 5 heteroatoms. The molecular weight excluding hydrogens is 440 g/mol. The first-order chi connectivity index (χ1) is 16.3. The van der Waals surface area contributed by atoms with Crippen molar-refractivity contribution < 1.29 is 24.5 Å². The molecule has 0 radical (unpaired) electrons. The van der Waals surface area contributed by atoms with E-state index in [0.29, 0.717) is 55.0 Å². The third-order valence-electron chi connectivity index (χ3n) is 11.5. The molecular formula is C30H48O5. The largest absolute Gasteiger partial charge is 0.466 e. The van der Waals surface area contributed by atoms with Crippen molar-refractivity contribution in [2.75, 3.05) is 6.61 Å². The molecule has 0 heterocycles. The Morgan fingerprint density at radius 2 is 1.80 bits per heavy atom. The van der Waals surface area contributed by atoms with Crippen LogP contribution in [0.25, 0.3) is 0 Å². The Balaban J connectivity index is 1.48. The van der Waals surface area contributed by atoms with Crippen molar-refractivity contribution in [3.8, 4) is 0 Å². The molecule has 0 bridgehead atoms. The lowest BCUT2D eigenvalue weighted by Crippen LogP contribution is -2.67. The van der Waals surface area contributed by atoms with Gasteiger partial charge in [0.25, 0.3) is 0 Å². The van der Waals surface area contributed by atoms with Crippen molar-refractivity contribution in [2.45, 2.75) is 105 Å². The number of ether oxygens (including phenoxy) is 1. The second-order valence-corrected chi connectivity index (χ2v) is 13.3. The molecule has 5 nitrogen and oxygen atoms in total. The Bertz CT molecular complexity index is 852. The molecule has 11 atom stereocenters. The van der Waals surface area contributed by atoms with Crippen LogP contribution in [-0.4, -0.2) is 40.3 Å². The van der Waals surface area contributed by atoms with Gasteiger partial charge in [-0.05, 0) is 85.4 Å². The molecule has 0 aromatic rings. The van der Waals surface area contributed by atoms with Crippen molar-refractivity contribution in [3.63, 3.8) is 0 Å². The van der Waals surface area contributed by atoms with E-state index in [4.69, 9.17) is 4.74 Å². The molecule has 4 unspecified atom stereocenters. The highest BCUT2D eigenvalue weighted by Crippen LogP contribution is 2.68. The number of aliphatic hydroxyl groups is 2. The summed E-state index contributed by atoms with van der Waals surface area (Å²) in [7, 11) is 0. The molecule has 0 amide bonds. The summed E-state index contributed by atoms with van der Waals surface area (Å²) in [6, 6.07) is 0. The van der Waals surface area contributed by atoms with Crippen molar-refractivity contribution in [2.24, 2.45) is 52.3 Å². The second kappa shape index (κ2) is 9.59. The van der Waals surface area contributed by atoms with Gasteiger partial charge in [0.2, 0.25) is 0 Å². The number of allylic oxidation sites excluding steroid dienone is 2. The van der Waals surface area contributed by atoms with Gasteiger partial charge in [-0.2, -0.15) is 0 Å². The van der Waals surface area contributed by atoms with Gasteiger partial charge in [0, 0.05) is 25.2 Å². The maximum absolute atomic E-state index is 13.4. The number of rotatable bonds is 6. The van der Waals surface area contributed by atoms with Gasteiger partial charge in [0.05, 0.1) is 12.7 Å². The standard InChI is InChI=1S/C30H48O5/c1-18(20(3)17-35-21(4)31)7-8-19(2)24-9-10-25-23-15-27(33)30(34)16-22(32)11-14-29(30,6)26(23)12-13-28(24,25)5/h7-8,18-20,22-26,32,34H,9-17H2,1-6H3/b8-7+/t18-,19-,20-,22+,23?,24?,25?,26?,28-,29-,30+/m1/s1. The Kier molecular flexibility index (Phi) is 7.36. The van der Waals surface area contributed by atoms with Crippen molar-refractivity contribution in [3.05, 3.63) is 12.2 Å². The summed E-state index contributed by atoms with van der Waals surface area (Å²) in [6.07, 6.45) is 10.8. The summed E-state index contributed by atoms with van der Waals surface area (Å²) >= 11 is 0. The molecule has 0 aromatic carbocycles. The summed E-state index contributed by atoms with van der Waals surface area (Å²) in [5.74, 6) is 2.68. The van der Waals surface area contributed by atoms with Crippen LogP contribution in [0.1, 0.15) is 92.9 Å². The molecule has 4 fully saturated rings. The van der Waals surface area contributed by atoms with E-state index in [1.807, 2.05) is 0 Å². The Morgan fingerprint density at radius 3 is 2.49 bits per heavy atom. The van der Waals surface area contributed by atoms with Crippen LogP contribution >= 0.6 is 0 Å². The first-order valence-corrected chi connectivity index (χ1v) is 14.1. The number of carbonyl (C=O) groups excluding carboxylic acids is 2. The Hall–Kier alpha value is -1.20. The molecule has 4 aliphatic carbocycles. The van der Waals surface area contributed by atoms with E-state index in [0.717, 1.165) is 19.3 Å². The lowest BCUT2D eigenvalue weighted by molar-refractivity contribution is -0.213. The maximum Gasteiger partial charge on any atom is 0.302 e. The fraction of sp³-hybridized carbons (Fsp3) is 0.867. The minimum absolute atomic E-state index is 0.0174. The SMILES string of the molecule is CC(=O)OC[C@@H](C)[C@H](C)/C=C/[C@@H](C)C1CCC2C3CC(=O)[C@@]4(O)C[C@@H](O)CC[C@]4(C)C3CC[C@@]21C. The van der Waals surface area contributed by atoms with Crippen LogP contribution in [0.4, 0.5) is 0 Å². The van der Waals surface area contributed by atoms with E-state index in [-0.39, 0.29) is 29.5 Å². The van der Waals surface area contributed by atoms with Gasteiger partial charge >= 0.3 is 5.97 Å². The number of fused-ring (bicyclic) bond motifs is 5. The topological polar surface area (TPSA) is 83.8 Å². The predicted octanol–water partition coefficient (Wildman–Crippen LogP) is 5.33. The van der Waals surface area contributed by atoms with E-state index >= 15 is 0 Å². The average Bonchev–Trinajstić information content (AvgIpc) is 3.15. The zero-order valence-electron chi connectivity index (χ0n) is 22.8. The second-order valence-electron chi connectivity index (χ2n) is 13.3. The predicted molar refractivity (Wildman–Crippen MR) is 136 cm³/mol. The molecule has 0 aliphatic heterocycles. The van der Waals surface area contributed by atoms with Crippen LogP contribution in [0.5, 0.6) is 0 Å². The first kappa shape index (κ1) is 26.9. The average molecular weight is 489 g/mol. The smallest absolute Gasteiger partial charge is 0.302 e. The van der Waals surface area contributed by atoms with Gasteiger partial charge in [-0.25, -0.2) is 0 Å². The molecule has 35 heavy (non-hydrogen) atoms. The van der Waals surface area contributed by atoms with Gasteiger partial charge in [-0.3, -0.25) is 9.59 Å². The molecule has 0 aromatic heterocycles. The van der Waals surface area contributed by atoms with Crippen molar-refractivity contribution in [1.29, 1.82) is 0 Å². The van der Waals surface area contributed by atoms with Gasteiger partial charge in [0.1, 0.15) is 5.60 Å². The van der Waals surface area contributed by atoms with E-state index in [1.165, 1.54) is 19.8 Å². The number of hydrogen-bond acceptors (Lipinski definition) is 5. The molecule has 0 saturated heterocycles. The zero-order chi connectivity index (χ0) is 25.8. The molecule has 4 rings (SSSR count). The van der Waals surface area contributed by atoms with Crippen LogP contribution < -0.4 is 0 Å². The number of aliphatic hydroxyl groups excluding tert-OH is 1. The fourth-order valence-electron chi connectivity index (χ4n) is 9.00. The number of esters is 1. The lowest BCUT2D eigenvalue weighted by atomic mass is 9.42. The van der Waals surface area contributed by atoms with Gasteiger partial charge in [-0.1, -0.05) is 46.8 Å². The third-order valence-corrected chi connectivity index (χ3v) is 11.5. The normalized spacial score (nSPS) is 45.8. The summed E-state index contributed by atoms with van der Waals surface area (Å²) in [5.41, 5.74) is -1.55. The minimum Gasteiger partial charge on any atom is -0.466 e. The van der Waals surface area contributed by atoms with E-state index in [1.54, 1.807) is 0 Å². The van der Waals surface area contributed by atoms with Gasteiger partial charge in [0.15, 0.2) is 5.78 Å². The molecule has 0 spiro atoms. The highest BCUT2D eigenvalue weighted by molar-refractivity contribution is 5.89. The van der Waals surface area contributed by atoms with E-state index < -0.39 is 17.1 Å². The Labute approximate surface area is 212 Å². The molecule has 2 N–H and O–H groups in total. The number of hydrogen-bond donors (Lipinski definition) is 2. The van der Waals surface area contributed by atoms with E-state index in [9.17, 15) is 19.8 Å². The fourth-order valence-corrected chi connectivity index (χ4v) is 9.00. The highest BCUT2D eigenvalue weighted by atomic mass is 16.5. The van der Waals surface area contributed by atoms with Gasteiger partial charge < -0.3 is 14.9 Å². The number of Topliss-reactive ketones (excluding diaryl/α,β-unsaturated/α-hetero) is 1. The summed E-state index contributed by atoms with van der Waals surface area (Å²) in [4.78, 5) is 24.5. The number of carbonyl (C=O) groups is 2. The monoisotopic (exact) mass is 488 g/mol. The quantitative estimate of drug-likeness (QED) is 0.390. The highest BCUT2D eigenvalue weighted by Gasteiger charge is 2.67. The van der Waals surface area contributed by atoms with Crippen molar-refractivity contribution >= 4 is 11.8 Å². The summed E-state index contributed by atoms with van der Waals surface area (Å²) in [5, 5.41) is 21.8. The lowest BCUT2D eigenvalue weighted by Gasteiger charge is -2.63. The summed E-state index contributed by atoms with van der Waals surface area (Å²) < 4.78 is 5.20. The minimum atomic E-state index is -1.35. The van der Waals surface area contributed by atoms with Crippen LogP contribution in [0.2, 0.25) is 0 Å². The van der Waals surface area contributed by atoms with Crippen LogP contribution in [0, 0.1) is 52.3 Å². The maximum atomic E-state index is 13.4. The number of ketones is 1. The van der Waals surface area contributed by atoms with Gasteiger partial charge in [-0.15, -0.1) is 0 Å². The molecule has 4 aliphatic rings. The van der Waals surface area contributed by atoms with Crippen LogP contribution in [-0.2, 0) is 14.3 Å². The van der Waals surface area contributed by atoms with Crippen molar-refractivity contribution in [1.82, 2.24) is 0 Å². The summed E-state index contributed by atoms with van der Waals surface area (Å²) in [6.45, 7) is 13.2. The third kappa shape index (κ3) is 4.43.